The SMILES string of the molecule is Cc1ccc(N(c2ccccc2)c2ccc(/C=C/c3ccc(C(C)[C@@H](C)c4ccccc4)cc3)cc2)cc1. The Labute approximate surface area is 227 Å². The van der Waals surface area contributed by atoms with Crippen LogP contribution in [0.4, 0.5) is 17.1 Å². The average Bonchev–Trinajstić information content (AvgIpc) is 2.98. The van der Waals surface area contributed by atoms with Gasteiger partial charge in [0.15, 0.2) is 0 Å². The molecule has 2 atom stereocenters. The monoisotopic (exact) mass is 493 g/mol. The van der Waals surface area contributed by atoms with Gasteiger partial charge in [-0.2, -0.15) is 0 Å². The van der Waals surface area contributed by atoms with E-state index >= 15 is 0 Å². The summed E-state index contributed by atoms with van der Waals surface area (Å²) in [6.07, 6.45) is 4.38. The Morgan fingerprint density at radius 3 is 1.37 bits per heavy atom. The minimum Gasteiger partial charge on any atom is -0.311 e. The van der Waals surface area contributed by atoms with Crippen LogP contribution in [0, 0.1) is 6.92 Å². The first kappa shape index (κ1) is 25.3. The molecule has 0 aliphatic heterocycles. The second-order valence-corrected chi connectivity index (χ2v) is 10.1. The summed E-state index contributed by atoms with van der Waals surface area (Å²) in [4.78, 5) is 2.29. The Balaban J connectivity index is 1.31. The van der Waals surface area contributed by atoms with E-state index in [4.69, 9.17) is 0 Å². The van der Waals surface area contributed by atoms with E-state index in [0.29, 0.717) is 11.8 Å². The summed E-state index contributed by atoms with van der Waals surface area (Å²) in [5, 5.41) is 0. The van der Waals surface area contributed by atoms with E-state index in [1.807, 2.05) is 0 Å². The van der Waals surface area contributed by atoms with Crippen LogP contribution in [0.1, 0.15) is 53.5 Å². The molecular formula is C37H35N. The summed E-state index contributed by atoms with van der Waals surface area (Å²) >= 11 is 0. The molecule has 0 N–H and O–H groups in total. The minimum atomic E-state index is 0.462. The van der Waals surface area contributed by atoms with Crippen LogP contribution in [0.15, 0.2) is 133 Å². The molecule has 5 aromatic carbocycles. The summed E-state index contributed by atoms with van der Waals surface area (Å²) in [6, 6.07) is 47.8. The third kappa shape index (κ3) is 5.95. The number of benzene rings is 5. The zero-order chi connectivity index (χ0) is 26.3. The van der Waals surface area contributed by atoms with Crippen molar-refractivity contribution < 1.29 is 0 Å². The summed E-state index contributed by atoms with van der Waals surface area (Å²) in [6.45, 7) is 6.76. The number of para-hydroxylation sites is 1. The molecule has 0 saturated heterocycles. The van der Waals surface area contributed by atoms with Crippen molar-refractivity contribution in [2.75, 3.05) is 4.90 Å². The van der Waals surface area contributed by atoms with E-state index < -0.39 is 0 Å². The molecule has 1 heteroatoms. The molecule has 1 nitrogen and oxygen atoms in total. The molecule has 0 aliphatic carbocycles. The maximum atomic E-state index is 2.32. The average molecular weight is 494 g/mol. The molecule has 0 aromatic heterocycles. The van der Waals surface area contributed by atoms with Crippen molar-refractivity contribution in [1.82, 2.24) is 0 Å². The fraction of sp³-hybridized carbons (Fsp3) is 0.135. The molecule has 188 valence electrons. The molecule has 0 fully saturated rings. The zero-order valence-electron chi connectivity index (χ0n) is 22.5. The second kappa shape index (κ2) is 11.8. The highest BCUT2D eigenvalue weighted by Gasteiger charge is 2.16. The Hall–Kier alpha value is -4.36. The smallest absolute Gasteiger partial charge is 0.0462 e. The van der Waals surface area contributed by atoms with Gasteiger partial charge < -0.3 is 4.90 Å². The number of hydrogen-bond acceptors (Lipinski definition) is 1. The topological polar surface area (TPSA) is 3.24 Å². The van der Waals surface area contributed by atoms with Crippen LogP contribution < -0.4 is 4.90 Å². The molecule has 0 amide bonds. The molecule has 5 rings (SSSR count). The lowest BCUT2D eigenvalue weighted by Crippen LogP contribution is -2.09. The predicted octanol–water partition coefficient (Wildman–Crippen LogP) is 10.5. The van der Waals surface area contributed by atoms with Gasteiger partial charge in [0.25, 0.3) is 0 Å². The van der Waals surface area contributed by atoms with Crippen molar-refractivity contribution in [2.24, 2.45) is 0 Å². The van der Waals surface area contributed by atoms with Gasteiger partial charge in [0.05, 0.1) is 0 Å². The summed E-state index contributed by atoms with van der Waals surface area (Å²) in [5.74, 6) is 0.940. The maximum absolute atomic E-state index is 2.32. The van der Waals surface area contributed by atoms with Gasteiger partial charge in [-0.3, -0.25) is 0 Å². The Morgan fingerprint density at radius 2 is 0.842 bits per heavy atom. The molecule has 5 aromatic rings. The van der Waals surface area contributed by atoms with Gasteiger partial charge in [-0.15, -0.1) is 0 Å². The van der Waals surface area contributed by atoms with E-state index in [1.54, 1.807) is 0 Å². The van der Waals surface area contributed by atoms with Gasteiger partial charge in [-0.1, -0.05) is 129 Å². The number of hydrogen-bond donors (Lipinski definition) is 0. The first-order valence-corrected chi connectivity index (χ1v) is 13.4. The van der Waals surface area contributed by atoms with Gasteiger partial charge in [-0.25, -0.2) is 0 Å². The molecule has 0 saturated carbocycles. The molecule has 1 unspecified atom stereocenters. The van der Waals surface area contributed by atoms with Crippen molar-refractivity contribution in [2.45, 2.75) is 32.6 Å². The lowest BCUT2D eigenvalue weighted by molar-refractivity contribution is 0.624. The minimum absolute atomic E-state index is 0.462. The summed E-state index contributed by atoms with van der Waals surface area (Å²) in [5.41, 5.74) is 9.86. The van der Waals surface area contributed by atoms with Gasteiger partial charge in [0.2, 0.25) is 0 Å². The first-order chi connectivity index (χ1) is 18.6. The van der Waals surface area contributed by atoms with Crippen molar-refractivity contribution in [3.63, 3.8) is 0 Å². The standard InChI is InChI=1S/C37H35N/c1-28-14-24-36(25-15-28)38(35-12-8-5-9-13-35)37-26-20-32(21-27-37)17-16-31-18-22-34(23-19-31)30(3)29(2)33-10-6-4-7-11-33/h4-27,29-30H,1-3H3/b17-16+/t29-,30?/m1/s1. The third-order valence-electron chi connectivity index (χ3n) is 7.46. The molecule has 0 spiro atoms. The van der Waals surface area contributed by atoms with Crippen LogP contribution in [0.3, 0.4) is 0 Å². The number of nitrogens with zero attached hydrogens (tertiary/aromatic N) is 1. The number of rotatable bonds is 8. The van der Waals surface area contributed by atoms with Crippen molar-refractivity contribution >= 4 is 29.2 Å². The lowest BCUT2D eigenvalue weighted by atomic mass is 9.84. The van der Waals surface area contributed by atoms with Crippen LogP contribution in [-0.4, -0.2) is 0 Å². The number of anilines is 3. The van der Waals surface area contributed by atoms with Crippen LogP contribution >= 0.6 is 0 Å². The summed E-state index contributed by atoms with van der Waals surface area (Å²) < 4.78 is 0. The Bertz CT molecular complexity index is 1450. The van der Waals surface area contributed by atoms with E-state index in [0.717, 1.165) is 17.1 Å². The van der Waals surface area contributed by atoms with Crippen molar-refractivity contribution in [1.29, 1.82) is 0 Å². The van der Waals surface area contributed by atoms with E-state index in [1.165, 1.54) is 27.8 Å². The normalized spacial score (nSPS) is 12.8. The highest BCUT2D eigenvalue weighted by Crippen LogP contribution is 2.35. The van der Waals surface area contributed by atoms with Gasteiger partial charge in [0, 0.05) is 17.1 Å². The highest BCUT2D eigenvalue weighted by molar-refractivity contribution is 5.78. The molecule has 0 aliphatic rings. The van der Waals surface area contributed by atoms with Crippen LogP contribution in [-0.2, 0) is 0 Å². The fourth-order valence-corrected chi connectivity index (χ4v) is 4.89. The maximum Gasteiger partial charge on any atom is 0.0462 e. The van der Waals surface area contributed by atoms with Crippen molar-refractivity contribution in [3.8, 4) is 0 Å². The van der Waals surface area contributed by atoms with Gasteiger partial charge in [0.1, 0.15) is 0 Å². The van der Waals surface area contributed by atoms with Gasteiger partial charge >= 0.3 is 0 Å². The molecule has 38 heavy (non-hydrogen) atoms. The van der Waals surface area contributed by atoms with E-state index in [-0.39, 0.29) is 0 Å². The summed E-state index contributed by atoms with van der Waals surface area (Å²) in [7, 11) is 0. The zero-order valence-corrected chi connectivity index (χ0v) is 22.5. The second-order valence-electron chi connectivity index (χ2n) is 10.1. The Kier molecular flexibility index (Phi) is 7.85. The molecular weight excluding hydrogens is 458 g/mol. The third-order valence-corrected chi connectivity index (χ3v) is 7.46. The molecule has 0 radical (unpaired) electrons. The predicted molar refractivity (Wildman–Crippen MR) is 165 cm³/mol. The largest absolute Gasteiger partial charge is 0.311 e. The van der Waals surface area contributed by atoms with Crippen molar-refractivity contribution in [3.05, 3.63) is 161 Å². The van der Waals surface area contributed by atoms with Crippen LogP contribution in [0.5, 0.6) is 0 Å². The first-order valence-electron chi connectivity index (χ1n) is 13.4. The van der Waals surface area contributed by atoms with E-state index in [9.17, 15) is 0 Å². The quantitative estimate of drug-likeness (QED) is 0.194. The fourth-order valence-electron chi connectivity index (χ4n) is 4.89. The molecule has 0 bridgehead atoms. The highest BCUT2D eigenvalue weighted by atomic mass is 15.1. The lowest BCUT2D eigenvalue weighted by Gasteiger charge is -2.25. The van der Waals surface area contributed by atoms with E-state index in [2.05, 4.69) is 171 Å². The molecule has 0 heterocycles. The van der Waals surface area contributed by atoms with Crippen LogP contribution in [0.25, 0.3) is 12.2 Å². The number of aryl methyl sites for hydroxylation is 1. The van der Waals surface area contributed by atoms with Crippen LogP contribution in [0.2, 0.25) is 0 Å². The van der Waals surface area contributed by atoms with Gasteiger partial charge in [-0.05, 0) is 77.4 Å². The Morgan fingerprint density at radius 1 is 0.447 bits per heavy atom.